The molecule has 0 bridgehead atoms. The van der Waals surface area contributed by atoms with Crippen molar-refractivity contribution in [3.8, 4) is 28.6 Å². The van der Waals surface area contributed by atoms with Crippen molar-refractivity contribution < 1.29 is 13.9 Å². The van der Waals surface area contributed by atoms with Crippen molar-refractivity contribution in [2.45, 2.75) is 13.5 Å². The number of nitrogens with zero attached hydrogens (tertiary/aromatic N) is 4. The van der Waals surface area contributed by atoms with Crippen LogP contribution in [-0.4, -0.2) is 33.3 Å². The number of fused-ring (bicyclic) bond motifs is 1. The van der Waals surface area contributed by atoms with E-state index in [1.54, 1.807) is 62.7 Å². The molecule has 5 rings (SSSR count). The lowest BCUT2D eigenvalue weighted by Gasteiger charge is -2.12. The Labute approximate surface area is 199 Å². The van der Waals surface area contributed by atoms with Gasteiger partial charge in [-0.05, 0) is 43.3 Å². The van der Waals surface area contributed by atoms with Crippen molar-refractivity contribution in [2.75, 3.05) is 14.2 Å². The van der Waals surface area contributed by atoms with Gasteiger partial charge in [0, 0.05) is 6.20 Å². The van der Waals surface area contributed by atoms with Crippen molar-refractivity contribution in [3.63, 3.8) is 0 Å². The van der Waals surface area contributed by atoms with Gasteiger partial charge in [0.25, 0.3) is 5.56 Å². The summed E-state index contributed by atoms with van der Waals surface area (Å²) in [7, 11) is 3.08. The Morgan fingerprint density at radius 1 is 0.943 bits per heavy atom. The second-order valence-corrected chi connectivity index (χ2v) is 7.78. The minimum Gasteiger partial charge on any atom is -0.493 e. The molecule has 0 unspecified atom stereocenters. The molecule has 9 nitrogen and oxygen atoms in total. The zero-order valence-electron chi connectivity index (χ0n) is 19.4. The van der Waals surface area contributed by atoms with E-state index < -0.39 is 11.2 Å². The van der Waals surface area contributed by atoms with Crippen molar-refractivity contribution in [1.29, 1.82) is 0 Å². The first-order valence-corrected chi connectivity index (χ1v) is 10.9. The first kappa shape index (κ1) is 22.1. The number of methoxy groups -OCH3 is 2. The summed E-state index contributed by atoms with van der Waals surface area (Å²) >= 11 is 0. The first-order chi connectivity index (χ1) is 17.0. The fourth-order valence-corrected chi connectivity index (χ4v) is 4.03. The highest BCUT2D eigenvalue weighted by molar-refractivity contribution is 5.75. The molecule has 0 aliphatic carbocycles. The Balaban J connectivity index is 1.66. The molecule has 0 aliphatic heterocycles. The van der Waals surface area contributed by atoms with Gasteiger partial charge in [0.05, 0.1) is 37.4 Å². The summed E-state index contributed by atoms with van der Waals surface area (Å²) in [6, 6.07) is 17.8. The van der Waals surface area contributed by atoms with Crippen LogP contribution in [0.3, 0.4) is 0 Å². The molecule has 35 heavy (non-hydrogen) atoms. The van der Waals surface area contributed by atoms with Crippen LogP contribution in [0.5, 0.6) is 11.5 Å². The average Bonchev–Trinajstić information content (AvgIpc) is 3.26. The molecule has 0 amide bonds. The fourth-order valence-electron chi connectivity index (χ4n) is 4.03. The van der Waals surface area contributed by atoms with E-state index in [1.807, 2.05) is 18.2 Å². The standard InChI is InChI=1S/C26H22N4O5/c1-16-20(28-24(35-16)18-11-7-13-21(33-2)22(18)34-3)15-29-25(31)19-12-8-14-27-23(19)30(26(29)32)17-9-5-4-6-10-17/h4-14H,15H2,1-3H3. The number of ether oxygens (including phenoxy) is 2. The lowest BCUT2D eigenvalue weighted by Crippen LogP contribution is -2.40. The van der Waals surface area contributed by atoms with Crippen molar-refractivity contribution in [2.24, 2.45) is 0 Å². The van der Waals surface area contributed by atoms with Crippen LogP contribution in [0, 0.1) is 6.92 Å². The SMILES string of the molecule is COc1cccc(-c2nc(Cn3c(=O)c4cccnc4n(-c4ccccc4)c3=O)c(C)o2)c1OC. The summed E-state index contributed by atoms with van der Waals surface area (Å²) in [4.78, 5) is 35.8. The Kier molecular flexibility index (Phi) is 5.66. The molecule has 176 valence electrons. The smallest absolute Gasteiger partial charge is 0.337 e. The van der Waals surface area contributed by atoms with Gasteiger partial charge in [0.2, 0.25) is 5.89 Å². The molecule has 0 N–H and O–H groups in total. The molecular weight excluding hydrogens is 448 g/mol. The van der Waals surface area contributed by atoms with Crippen LogP contribution in [0.15, 0.2) is 80.9 Å². The molecule has 0 saturated heterocycles. The third kappa shape index (κ3) is 3.76. The van der Waals surface area contributed by atoms with Crippen LogP contribution < -0.4 is 20.7 Å². The maximum Gasteiger partial charge on any atom is 0.337 e. The van der Waals surface area contributed by atoms with Crippen molar-refractivity contribution in [1.82, 2.24) is 19.1 Å². The van der Waals surface area contributed by atoms with Gasteiger partial charge >= 0.3 is 5.69 Å². The molecule has 0 fully saturated rings. The van der Waals surface area contributed by atoms with Gasteiger partial charge in [0.1, 0.15) is 11.5 Å². The molecular formula is C26H22N4O5. The predicted molar refractivity (Wildman–Crippen MR) is 130 cm³/mol. The molecule has 0 saturated carbocycles. The quantitative estimate of drug-likeness (QED) is 0.374. The van der Waals surface area contributed by atoms with E-state index in [0.717, 1.165) is 4.57 Å². The minimum absolute atomic E-state index is 0.0725. The zero-order valence-corrected chi connectivity index (χ0v) is 19.4. The van der Waals surface area contributed by atoms with Crippen LogP contribution in [0.4, 0.5) is 0 Å². The number of oxazole rings is 1. The normalized spacial score (nSPS) is 11.1. The molecule has 5 aromatic rings. The monoisotopic (exact) mass is 470 g/mol. The zero-order chi connectivity index (χ0) is 24.5. The third-order valence-electron chi connectivity index (χ3n) is 5.74. The summed E-state index contributed by atoms with van der Waals surface area (Å²) in [6.45, 7) is 1.67. The number of rotatable bonds is 6. The van der Waals surface area contributed by atoms with Crippen LogP contribution in [-0.2, 0) is 6.54 Å². The number of para-hydroxylation sites is 2. The first-order valence-electron chi connectivity index (χ1n) is 10.9. The predicted octanol–water partition coefficient (Wildman–Crippen LogP) is 3.58. The molecule has 3 aromatic heterocycles. The molecule has 3 heterocycles. The highest BCUT2D eigenvalue weighted by Crippen LogP contribution is 2.37. The summed E-state index contributed by atoms with van der Waals surface area (Å²) in [5, 5.41) is 0.326. The van der Waals surface area contributed by atoms with Crippen LogP contribution in [0.25, 0.3) is 28.2 Å². The number of pyridine rings is 1. The van der Waals surface area contributed by atoms with Gasteiger partial charge in [-0.1, -0.05) is 24.3 Å². The summed E-state index contributed by atoms with van der Waals surface area (Å²) in [6.07, 6.45) is 1.56. The number of aromatic nitrogens is 4. The van der Waals surface area contributed by atoms with E-state index in [0.29, 0.717) is 51.1 Å². The van der Waals surface area contributed by atoms with Gasteiger partial charge < -0.3 is 13.9 Å². The molecule has 0 radical (unpaired) electrons. The highest BCUT2D eigenvalue weighted by atomic mass is 16.5. The van der Waals surface area contributed by atoms with Gasteiger partial charge in [0.15, 0.2) is 17.1 Å². The number of hydrogen-bond donors (Lipinski definition) is 0. The van der Waals surface area contributed by atoms with Crippen LogP contribution >= 0.6 is 0 Å². The van der Waals surface area contributed by atoms with Crippen LogP contribution in [0.2, 0.25) is 0 Å². The van der Waals surface area contributed by atoms with E-state index in [-0.39, 0.29) is 6.54 Å². The Morgan fingerprint density at radius 2 is 1.74 bits per heavy atom. The molecule has 9 heteroatoms. The topological polar surface area (TPSA) is 101 Å². The largest absolute Gasteiger partial charge is 0.493 e. The van der Waals surface area contributed by atoms with Gasteiger partial charge in [-0.2, -0.15) is 0 Å². The number of aryl methyl sites for hydroxylation is 1. The minimum atomic E-state index is -0.518. The van der Waals surface area contributed by atoms with Gasteiger partial charge in [-0.3, -0.25) is 9.36 Å². The summed E-state index contributed by atoms with van der Waals surface area (Å²) in [5.41, 5.74) is 0.977. The second-order valence-electron chi connectivity index (χ2n) is 7.78. The highest BCUT2D eigenvalue weighted by Gasteiger charge is 2.21. The number of benzene rings is 2. The summed E-state index contributed by atoms with van der Waals surface area (Å²) < 4.78 is 19.4. The van der Waals surface area contributed by atoms with Crippen molar-refractivity contribution >= 4 is 11.0 Å². The van der Waals surface area contributed by atoms with Crippen molar-refractivity contribution in [3.05, 3.63) is 99.2 Å². The number of hydrogen-bond acceptors (Lipinski definition) is 7. The third-order valence-corrected chi connectivity index (χ3v) is 5.74. The average molecular weight is 470 g/mol. The van der Waals surface area contributed by atoms with Gasteiger partial charge in [-0.15, -0.1) is 0 Å². The Hall–Kier alpha value is -4.66. The Bertz CT molecular complexity index is 1650. The van der Waals surface area contributed by atoms with Crippen LogP contribution in [0.1, 0.15) is 11.5 Å². The lowest BCUT2D eigenvalue weighted by atomic mass is 10.2. The summed E-state index contributed by atoms with van der Waals surface area (Å²) in [5.74, 6) is 1.79. The molecule has 0 spiro atoms. The van der Waals surface area contributed by atoms with E-state index in [4.69, 9.17) is 13.9 Å². The Morgan fingerprint density at radius 3 is 2.49 bits per heavy atom. The van der Waals surface area contributed by atoms with Gasteiger partial charge in [-0.25, -0.2) is 19.3 Å². The fraction of sp³-hybridized carbons (Fsp3) is 0.154. The van der Waals surface area contributed by atoms with E-state index in [2.05, 4.69) is 9.97 Å². The molecule has 0 aliphatic rings. The maximum absolute atomic E-state index is 13.6. The second kappa shape index (κ2) is 8.94. The lowest BCUT2D eigenvalue weighted by molar-refractivity contribution is 0.355. The maximum atomic E-state index is 13.6. The molecule has 2 aromatic carbocycles. The van der Waals surface area contributed by atoms with E-state index >= 15 is 0 Å². The van der Waals surface area contributed by atoms with E-state index in [1.165, 1.54) is 11.7 Å². The van der Waals surface area contributed by atoms with E-state index in [9.17, 15) is 9.59 Å². The molecule has 0 atom stereocenters.